The van der Waals surface area contributed by atoms with Crippen molar-refractivity contribution in [1.29, 1.82) is 0 Å². The standard InChI is InChI=1S/C63H53N/c1-60(2)51-23-11-7-20-47(51)50-31-29-44(35-57(50)60)64(59-28-16-10-19-46(59)41-17-5-4-6-18-41)45-30-32-56-58(36-45)63(52-24-12-8-21-48(52)49-22-9-13-25-53(49)63)55-27-15-14-26-54(55)62(56)42-33-40-34-43(62)39-61(3,37-40)38-42/h4-32,35-36,40,42-43H,33-34,37-39H2,1-3H3/t40-,42+,43-,61?,62?. The summed E-state index contributed by atoms with van der Waals surface area (Å²) in [7, 11) is 0. The van der Waals surface area contributed by atoms with Gasteiger partial charge in [0.25, 0.3) is 0 Å². The number of hydrogen-bond acceptors (Lipinski definition) is 1. The Kier molecular flexibility index (Phi) is 7.43. The molecule has 4 saturated carbocycles. The monoisotopic (exact) mass is 823 g/mol. The fourth-order valence-electron chi connectivity index (χ4n) is 15.7. The zero-order valence-electron chi connectivity index (χ0n) is 37.1. The lowest BCUT2D eigenvalue weighted by Gasteiger charge is -2.67. The van der Waals surface area contributed by atoms with E-state index in [9.17, 15) is 0 Å². The Bertz CT molecular complexity index is 3180. The molecule has 0 aliphatic heterocycles. The summed E-state index contributed by atoms with van der Waals surface area (Å²) in [5.41, 5.74) is 23.1. The normalized spacial score (nSPS) is 25.0. The first-order valence-electron chi connectivity index (χ1n) is 23.9. The van der Waals surface area contributed by atoms with Gasteiger partial charge in [-0.3, -0.25) is 0 Å². The SMILES string of the molecule is CC12C[C@H]3C[C@H](C1)C1(c4ccccc4C4(c5ccccc5-c5ccccc54)c4cc(N(c5ccc6c(c5)C(C)(C)c5ccccc5-6)c5ccccc5-c5ccccc5)ccc41)[C@@H](C3)C2. The molecule has 8 aromatic rings. The highest BCUT2D eigenvalue weighted by atomic mass is 15.1. The van der Waals surface area contributed by atoms with Crippen LogP contribution in [0.4, 0.5) is 17.1 Å². The van der Waals surface area contributed by atoms with Crippen LogP contribution >= 0.6 is 0 Å². The van der Waals surface area contributed by atoms with Crippen molar-refractivity contribution in [2.75, 3.05) is 4.90 Å². The van der Waals surface area contributed by atoms with Gasteiger partial charge in [-0.15, -0.1) is 0 Å². The number of hydrogen-bond donors (Lipinski definition) is 0. The van der Waals surface area contributed by atoms with Gasteiger partial charge in [0.05, 0.1) is 11.1 Å². The summed E-state index contributed by atoms with van der Waals surface area (Å²) in [6, 6.07) is 72.9. The van der Waals surface area contributed by atoms with Crippen LogP contribution in [0.5, 0.6) is 0 Å². The van der Waals surface area contributed by atoms with Crippen LogP contribution in [0.2, 0.25) is 0 Å². The summed E-state index contributed by atoms with van der Waals surface area (Å²) < 4.78 is 0. The minimum Gasteiger partial charge on any atom is -0.310 e. The van der Waals surface area contributed by atoms with Crippen molar-refractivity contribution in [3.05, 3.63) is 233 Å². The quantitative estimate of drug-likeness (QED) is 0.171. The lowest BCUT2D eigenvalue weighted by atomic mass is 9.36. The van der Waals surface area contributed by atoms with Crippen LogP contribution in [-0.2, 0) is 16.2 Å². The van der Waals surface area contributed by atoms with Gasteiger partial charge in [0.2, 0.25) is 0 Å². The minimum atomic E-state index is -0.467. The van der Waals surface area contributed by atoms with Crippen LogP contribution in [0.15, 0.2) is 188 Å². The third-order valence-corrected chi connectivity index (χ3v) is 17.7. The fourth-order valence-corrected chi connectivity index (χ4v) is 15.7. The second-order valence-electron chi connectivity index (χ2n) is 21.3. The Labute approximate surface area is 378 Å². The van der Waals surface area contributed by atoms with E-state index in [2.05, 4.69) is 214 Å². The van der Waals surface area contributed by atoms with Gasteiger partial charge in [0.15, 0.2) is 0 Å². The second-order valence-corrected chi connectivity index (χ2v) is 21.3. The Hall–Kier alpha value is -6.44. The van der Waals surface area contributed by atoms with Crippen molar-refractivity contribution in [2.45, 2.75) is 69.1 Å². The van der Waals surface area contributed by atoms with Crippen LogP contribution in [0.3, 0.4) is 0 Å². The second kappa shape index (κ2) is 12.9. The molecule has 0 saturated heterocycles. The van der Waals surface area contributed by atoms with E-state index in [0.29, 0.717) is 17.3 Å². The van der Waals surface area contributed by atoms with Gasteiger partial charge in [-0.1, -0.05) is 178 Å². The molecule has 4 fully saturated rings. The smallest absolute Gasteiger partial charge is 0.0720 e. The highest BCUT2D eigenvalue weighted by Crippen LogP contribution is 2.74. The van der Waals surface area contributed by atoms with Crippen LogP contribution in [0.1, 0.15) is 97.4 Å². The zero-order valence-corrected chi connectivity index (χ0v) is 37.1. The van der Waals surface area contributed by atoms with Gasteiger partial charge in [-0.25, -0.2) is 0 Å². The maximum Gasteiger partial charge on any atom is 0.0720 e. The van der Waals surface area contributed by atoms with Crippen LogP contribution in [0, 0.1) is 23.2 Å². The molecule has 64 heavy (non-hydrogen) atoms. The van der Waals surface area contributed by atoms with Crippen molar-refractivity contribution in [2.24, 2.45) is 23.2 Å². The molecule has 310 valence electrons. The molecular formula is C63H53N. The molecule has 1 heteroatoms. The van der Waals surface area contributed by atoms with Crippen molar-refractivity contribution in [3.63, 3.8) is 0 Å². The first-order chi connectivity index (χ1) is 31.3. The number of benzene rings is 8. The van der Waals surface area contributed by atoms with E-state index >= 15 is 0 Å². The van der Waals surface area contributed by atoms with E-state index in [1.54, 1.807) is 11.1 Å². The molecule has 0 amide bonds. The van der Waals surface area contributed by atoms with Gasteiger partial charge < -0.3 is 4.90 Å². The van der Waals surface area contributed by atoms with Gasteiger partial charge >= 0.3 is 0 Å². The number of nitrogens with zero attached hydrogens (tertiary/aromatic N) is 1. The van der Waals surface area contributed by atoms with E-state index in [1.165, 1.54) is 116 Å². The first-order valence-corrected chi connectivity index (χ1v) is 23.9. The molecular weight excluding hydrogens is 771 g/mol. The topological polar surface area (TPSA) is 3.24 Å². The average molecular weight is 824 g/mol. The predicted octanol–water partition coefficient (Wildman–Crippen LogP) is 15.9. The maximum atomic E-state index is 2.69. The summed E-state index contributed by atoms with van der Waals surface area (Å²) in [5.74, 6) is 2.08. The molecule has 1 nitrogen and oxygen atoms in total. The van der Waals surface area contributed by atoms with Gasteiger partial charge in [0, 0.05) is 27.8 Å². The maximum absolute atomic E-state index is 2.69. The molecule has 0 N–H and O–H groups in total. The first kappa shape index (κ1) is 37.0. The molecule has 2 unspecified atom stereocenters. The van der Waals surface area contributed by atoms with Crippen LogP contribution < -0.4 is 4.90 Å². The molecule has 15 rings (SSSR count). The molecule has 5 atom stereocenters. The third kappa shape index (κ3) is 4.60. The Morgan fingerprint density at radius 3 is 1.53 bits per heavy atom. The van der Waals surface area contributed by atoms with Crippen molar-refractivity contribution in [1.82, 2.24) is 0 Å². The summed E-state index contributed by atoms with van der Waals surface area (Å²) in [5, 5.41) is 0. The molecule has 7 aliphatic rings. The predicted molar refractivity (Wildman–Crippen MR) is 264 cm³/mol. The molecule has 2 spiro atoms. The van der Waals surface area contributed by atoms with Crippen molar-refractivity contribution >= 4 is 17.1 Å². The largest absolute Gasteiger partial charge is 0.310 e. The van der Waals surface area contributed by atoms with Crippen molar-refractivity contribution in [3.8, 4) is 33.4 Å². The Morgan fingerprint density at radius 2 is 0.875 bits per heavy atom. The minimum absolute atomic E-state index is 0.0330. The van der Waals surface area contributed by atoms with Gasteiger partial charge in [-0.05, 0) is 158 Å². The fraction of sp³-hybridized carbons (Fsp3) is 0.238. The average Bonchev–Trinajstić information content (AvgIpc) is 3.74. The van der Waals surface area contributed by atoms with E-state index in [-0.39, 0.29) is 10.8 Å². The third-order valence-electron chi connectivity index (χ3n) is 17.7. The molecule has 7 aliphatic carbocycles. The van der Waals surface area contributed by atoms with E-state index in [0.717, 1.165) is 5.92 Å². The van der Waals surface area contributed by atoms with Crippen LogP contribution in [0.25, 0.3) is 33.4 Å². The number of fused-ring (bicyclic) bond motifs is 12. The molecule has 0 heterocycles. The highest BCUT2D eigenvalue weighted by Gasteiger charge is 2.66. The summed E-state index contributed by atoms with van der Waals surface area (Å²) in [6.45, 7) is 7.45. The number of anilines is 3. The highest BCUT2D eigenvalue weighted by molar-refractivity contribution is 5.93. The lowest BCUT2D eigenvalue weighted by molar-refractivity contribution is -0.0920. The molecule has 8 aromatic carbocycles. The van der Waals surface area contributed by atoms with E-state index in [1.807, 2.05) is 0 Å². The molecule has 0 radical (unpaired) electrons. The lowest BCUT2D eigenvalue weighted by Crippen LogP contribution is -2.61. The number of para-hydroxylation sites is 1. The van der Waals surface area contributed by atoms with E-state index in [4.69, 9.17) is 0 Å². The van der Waals surface area contributed by atoms with Crippen LogP contribution in [-0.4, -0.2) is 0 Å². The molecule has 4 bridgehead atoms. The van der Waals surface area contributed by atoms with E-state index < -0.39 is 5.41 Å². The zero-order chi connectivity index (χ0) is 42.6. The summed E-state index contributed by atoms with van der Waals surface area (Å²) >= 11 is 0. The summed E-state index contributed by atoms with van der Waals surface area (Å²) in [4.78, 5) is 2.60. The summed E-state index contributed by atoms with van der Waals surface area (Å²) in [6.07, 6.45) is 6.73. The van der Waals surface area contributed by atoms with Gasteiger partial charge in [-0.2, -0.15) is 0 Å². The van der Waals surface area contributed by atoms with Gasteiger partial charge in [0.1, 0.15) is 0 Å². The number of rotatable bonds is 4. The molecule has 0 aromatic heterocycles. The Balaban J connectivity index is 1.09. The van der Waals surface area contributed by atoms with Crippen molar-refractivity contribution < 1.29 is 0 Å². The Morgan fingerprint density at radius 1 is 0.391 bits per heavy atom.